The molecule has 3 heterocycles. The van der Waals surface area contributed by atoms with Crippen molar-refractivity contribution < 1.29 is 79.1 Å². The molecule has 3 rings (SSSR count). The zero-order valence-electron chi connectivity index (χ0n) is 17.7. The average molecular weight is 506 g/mol. The molecule has 0 aromatic carbocycles. The summed E-state index contributed by atoms with van der Waals surface area (Å²) in [6, 6.07) is 0. The highest BCUT2D eigenvalue weighted by atomic mass is 19.1. The average Bonchev–Trinajstić information content (AvgIpc) is 2.82. The molecule has 0 saturated carbocycles. The van der Waals surface area contributed by atoms with E-state index in [1.807, 2.05) is 0 Å². The minimum atomic E-state index is -2.29. The quantitative estimate of drug-likeness (QED) is 0.154. The lowest BCUT2D eigenvalue weighted by molar-refractivity contribution is -0.336. The molecule has 200 valence electrons. The van der Waals surface area contributed by atoms with E-state index >= 15 is 0 Å². The topological polar surface area (TPSA) is 248 Å². The summed E-state index contributed by atoms with van der Waals surface area (Å²) in [6.45, 7) is -1.99. The Bertz CT molecular complexity index is 644. The summed E-state index contributed by atoms with van der Waals surface area (Å²) in [6.07, 6.45) is -25.9. The van der Waals surface area contributed by atoms with Crippen LogP contribution in [0.1, 0.15) is 0 Å². The first kappa shape index (κ1) is 27.9. The van der Waals surface area contributed by atoms with Crippen LogP contribution >= 0.6 is 0 Å². The lowest BCUT2D eigenvalue weighted by atomic mass is 9.98. The summed E-state index contributed by atoms with van der Waals surface area (Å²) < 4.78 is 40.3. The van der Waals surface area contributed by atoms with Crippen molar-refractivity contribution >= 4 is 0 Å². The van der Waals surface area contributed by atoms with Crippen molar-refractivity contribution in [3.05, 3.63) is 0 Å². The Morgan fingerprint density at radius 2 is 1.00 bits per heavy atom. The number of aliphatic hydroxyl groups is 10. The second-order valence-corrected chi connectivity index (χ2v) is 8.37. The van der Waals surface area contributed by atoms with Crippen molar-refractivity contribution in [1.29, 1.82) is 0 Å². The number of hydrogen-bond donors (Lipinski definition) is 10. The van der Waals surface area contributed by atoms with E-state index in [0.29, 0.717) is 0 Å². The Morgan fingerprint density at radius 3 is 1.59 bits per heavy atom. The molecule has 0 amide bonds. The maximum atomic E-state index is 14.5. The minimum absolute atomic E-state index is 0.632. The summed E-state index contributed by atoms with van der Waals surface area (Å²) in [5.74, 6) is 0. The van der Waals surface area contributed by atoms with Crippen molar-refractivity contribution in [3.63, 3.8) is 0 Å². The third kappa shape index (κ3) is 5.66. The SMILES string of the molecule is OC[C@H]1O[C@@H](OC[C@H]2O[C@@H](OC[C@H]3OC(O)[C@H](O)[C@@H](O)[C@H]3O)[C@H](O)[C@@H](F)[C@H]2O)[C@H](O)[C@@H](O)[C@H]1O. The van der Waals surface area contributed by atoms with Crippen LogP contribution in [0, 0.1) is 0 Å². The van der Waals surface area contributed by atoms with Gasteiger partial charge in [0, 0.05) is 0 Å². The molecule has 3 saturated heterocycles. The number of hydrogen-bond acceptors (Lipinski definition) is 15. The molecule has 0 spiro atoms. The zero-order valence-corrected chi connectivity index (χ0v) is 17.7. The molecule has 0 aromatic heterocycles. The van der Waals surface area contributed by atoms with Gasteiger partial charge in [-0.15, -0.1) is 0 Å². The monoisotopic (exact) mass is 506 g/mol. The van der Waals surface area contributed by atoms with Crippen molar-refractivity contribution in [2.24, 2.45) is 0 Å². The third-order valence-electron chi connectivity index (χ3n) is 6.01. The van der Waals surface area contributed by atoms with Crippen LogP contribution in [0.15, 0.2) is 0 Å². The molecule has 1 unspecified atom stereocenters. The number of halogens is 1. The van der Waals surface area contributed by atoms with Gasteiger partial charge < -0.3 is 74.7 Å². The van der Waals surface area contributed by atoms with Crippen LogP contribution in [0.4, 0.5) is 4.39 Å². The first-order valence-corrected chi connectivity index (χ1v) is 10.5. The fourth-order valence-corrected chi connectivity index (χ4v) is 3.82. The second-order valence-electron chi connectivity index (χ2n) is 8.37. The normalized spacial score (nSPS) is 52.5. The highest BCUT2D eigenvalue weighted by Crippen LogP contribution is 2.28. The van der Waals surface area contributed by atoms with Gasteiger partial charge in [0.15, 0.2) is 25.0 Å². The van der Waals surface area contributed by atoms with Crippen LogP contribution in [0.5, 0.6) is 0 Å². The van der Waals surface area contributed by atoms with Gasteiger partial charge in [0.1, 0.15) is 67.1 Å². The minimum Gasteiger partial charge on any atom is -0.394 e. The molecule has 15 atom stereocenters. The fraction of sp³-hybridized carbons (Fsp3) is 1.00. The van der Waals surface area contributed by atoms with Crippen molar-refractivity contribution in [1.82, 2.24) is 0 Å². The third-order valence-corrected chi connectivity index (χ3v) is 6.01. The first-order valence-electron chi connectivity index (χ1n) is 10.5. The molecular formula is C18H31FO15. The molecule has 0 aromatic rings. The summed E-state index contributed by atoms with van der Waals surface area (Å²) in [7, 11) is 0. The van der Waals surface area contributed by atoms with Crippen LogP contribution in [0.3, 0.4) is 0 Å². The van der Waals surface area contributed by atoms with Gasteiger partial charge in [0.05, 0.1) is 19.8 Å². The number of ether oxygens (including phenoxy) is 5. The van der Waals surface area contributed by atoms with Crippen LogP contribution in [-0.4, -0.2) is 163 Å². The van der Waals surface area contributed by atoms with Crippen LogP contribution in [-0.2, 0) is 23.7 Å². The summed E-state index contributed by atoms with van der Waals surface area (Å²) >= 11 is 0. The molecule has 0 aliphatic carbocycles. The van der Waals surface area contributed by atoms with Crippen LogP contribution in [0.2, 0.25) is 0 Å². The van der Waals surface area contributed by atoms with Gasteiger partial charge in [-0.1, -0.05) is 0 Å². The number of rotatable bonds is 7. The fourth-order valence-electron chi connectivity index (χ4n) is 3.82. The van der Waals surface area contributed by atoms with E-state index in [1.54, 1.807) is 0 Å². The smallest absolute Gasteiger partial charge is 0.187 e. The van der Waals surface area contributed by atoms with Gasteiger partial charge in [-0.05, 0) is 0 Å². The van der Waals surface area contributed by atoms with Gasteiger partial charge in [-0.2, -0.15) is 0 Å². The van der Waals surface area contributed by atoms with E-state index in [-0.39, 0.29) is 0 Å². The molecular weight excluding hydrogens is 475 g/mol. The maximum Gasteiger partial charge on any atom is 0.187 e. The van der Waals surface area contributed by atoms with E-state index in [9.17, 15) is 55.5 Å². The first-order chi connectivity index (χ1) is 16.0. The van der Waals surface area contributed by atoms with Gasteiger partial charge in [0.25, 0.3) is 0 Å². The second kappa shape index (κ2) is 11.6. The molecule has 0 radical (unpaired) electrons. The van der Waals surface area contributed by atoms with Gasteiger partial charge in [-0.3, -0.25) is 0 Å². The summed E-state index contributed by atoms with van der Waals surface area (Å²) in [5, 5.41) is 97.6. The molecule has 0 bridgehead atoms. The Hall–Kier alpha value is -0.670. The molecule has 10 N–H and O–H groups in total. The predicted molar refractivity (Wildman–Crippen MR) is 100 cm³/mol. The lowest BCUT2D eigenvalue weighted by Crippen LogP contribution is -2.62. The lowest BCUT2D eigenvalue weighted by Gasteiger charge is -2.43. The van der Waals surface area contributed by atoms with Gasteiger partial charge in [0.2, 0.25) is 0 Å². The Balaban J connectivity index is 1.58. The Labute approximate surface area is 192 Å². The summed E-state index contributed by atoms with van der Waals surface area (Å²) in [4.78, 5) is 0. The van der Waals surface area contributed by atoms with Crippen molar-refractivity contribution in [2.75, 3.05) is 19.8 Å². The largest absolute Gasteiger partial charge is 0.394 e. The highest BCUT2D eigenvalue weighted by Gasteiger charge is 2.49. The molecule has 34 heavy (non-hydrogen) atoms. The zero-order chi connectivity index (χ0) is 25.3. The number of aliphatic hydroxyl groups excluding tert-OH is 10. The number of alkyl halides is 1. The van der Waals surface area contributed by atoms with E-state index in [1.165, 1.54) is 0 Å². The van der Waals surface area contributed by atoms with E-state index in [4.69, 9.17) is 23.7 Å². The molecule has 3 aliphatic rings. The predicted octanol–water partition coefficient (Wildman–Crippen LogP) is -6.60. The van der Waals surface area contributed by atoms with Gasteiger partial charge >= 0.3 is 0 Å². The molecule has 15 nitrogen and oxygen atoms in total. The Kier molecular flexibility index (Phi) is 9.51. The highest BCUT2D eigenvalue weighted by molar-refractivity contribution is 4.93. The van der Waals surface area contributed by atoms with Crippen molar-refractivity contribution in [3.8, 4) is 0 Å². The van der Waals surface area contributed by atoms with Crippen LogP contribution in [0.25, 0.3) is 0 Å². The van der Waals surface area contributed by atoms with Gasteiger partial charge in [-0.25, -0.2) is 4.39 Å². The molecule has 3 fully saturated rings. The Morgan fingerprint density at radius 1 is 0.529 bits per heavy atom. The molecule has 3 aliphatic heterocycles. The van der Waals surface area contributed by atoms with E-state index in [2.05, 4.69) is 0 Å². The standard InChI is InChI=1S/C18H31FO15/c19-7-8(21)5(2-31-18-15(28)13(26)9(22)4(1-20)33-18)34-17(11(7)24)30-3-6-10(23)12(25)14(27)16(29)32-6/h4-18,20-29H,1-3H2/t4-,5-,6-,7+,8+,9+,10+,11-,12+,13+,14-,15-,16?,17-,18-/m1/s1. The van der Waals surface area contributed by atoms with E-state index in [0.717, 1.165) is 0 Å². The van der Waals surface area contributed by atoms with Crippen molar-refractivity contribution in [2.45, 2.75) is 92.2 Å². The maximum absolute atomic E-state index is 14.5. The van der Waals surface area contributed by atoms with Crippen LogP contribution < -0.4 is 0 Å². The molecule has 16 heteroatoms. The van der Waals surface area contributed by atoms with E-state index < -0.39 is 112 Å². The summed E-state index contributed by atoms with van der Waals surface area (Å²) in [5.41, 5.74) is 0.